The van der Waals surface area contributed by atoms with E-state index in [1.54, 1.807) is 0 Å². The molecule has 4 aliphatic rings. The second kappa shape index (κ2) is 6.83. The van der Waals surface area contributed by atoms with Crippen molar-refractivity contribution in [3.05, 3.63) is 0 Å². The SMILES string of the molecule is O=C(NOC1CCCNC1)C1CC2(COC2)C2CN1C(=O)N2OS(=O)(=O)O. The number of urea groups is 1. The minimum atomic E-state index is -4.87. The Hall–Kier alpha value is -1.51. The van der Waals surface area contributed by atoms with Gasteiger partial charge in [0.15, 0.2) is 0 Å². The van der Waals surface area contributed by atoms with Gasteiger partial charge in [0, 0.05) is 18.5 Å². The van der Waals surface area contributed by atoms with Crippen LogP contribution in [0.4, 0.5) is 4.79 Å². The Kier molecular flexibility index (Phi) is 4.76. The number of hydrogen-bond donors (Lipinski definition) is 3. The van der Waals surface area contributed by atoms with Gasteiger partial charge in [0.2, 0.25) is 0 Å². The van der Waals surface area contributed by atoms with Gasteiger partial charge in [-0.05, 0) is 25.8 Å². The van der Waals surface area contributed by atoms with Crippen molar-refractivity contribution < 1.29 is 36.4 Å². The van der Waals surface area contributed by atoms with E-state index < -0.39 is 39.8 Å². The van der Waals surface area contributed by atoms with E-state index in [0.29, 0.717) is 11.6 Å². The highest BCUT2D eigenvalue weighted by molar-refractivity contribution is 7.80. The Labute approximate surface area is 155 Å². The van der Waals surface area contributed by atoms with Crippen LogP contribution in [-0.2, 0) is 29.1 Å². The van der Waals surface area contributed by atoms with Gasteiger partial charge in [-0.3, -0.25) is 14.2 Å². The first-order chi connectivity index (χ1) is 12.8. The number of hydrogen-bond acceptors (Lipinski definition) is 8. The molecule has 0 aromatic heterocycles. The highest BCUT2D eigenvalue weighted by Gasteiger charge is 2.63. The molecule has 4 fully saturated rings. The number of amides is 3. The predicted molar refractivity (Wildman–Crippen MR) is 87.1 cm³/mol. The number of carbonyl (C=O) groups is 2. The van der Waals surface area contributed by atoms with E-state index >= 15 is 0 Å². The third kappa shape index (κ3) is 3.50. The van der Waals surface area contributed by atoms with Crippen LogP contribution in [0.5, 0.6) is 0 Å². The number of ether oxygens (including phenoxy) is 1. The molecule has 4 aliphatic heterocycles. The summed E-state index contributed by atoms with van der Waals surface area (Å²) < 4.78 is 41.0. The second-order valence-corrected chi connectivity index (χ2v) is 8.41. The number of rotatable bonds is 5. The van der Waals surface area contributed by atoms with Crippen molar-refractivity contribution in [1.82, 2.24) is 20.8 Å². The third-order valence-electron chi connectivity index (χ3n) is 5.60. The molecule has 4 heterocycles. The Morgan fingerprint density at radius 3 is 2.78 bits per heavy atom. The molecule has 12 nitrogen and oxygen atoms in total. The standard InChI is InChI=1S/C14H22N4O8S/c19-12(16-25-9-2-1-3-15-5-9)10-4-14(7-24-8-14)11-6-17(10)13(20)18(11)26-27(21,22)23/h9-11,15H,1-8H2,(H,16,19)(H,21,22,23). The van der Waals surface area contributed by atoms with Gasteiger partial charge >= 0.3 is 16.4 Å². The smallest absolute Gasteiger partial charge is 0.380 e. The van der Waals surface area contributed by atoms with Crippen molar-refractivity contribution in [3.63, 3.8) is 0 Å². The van der Waals surface area contributed by atoms with Crippen LogP contribution in [0.1, 0.15) is 19.3 Å². The summed E-state index contributed by atoms with van der Waals surface area (Å²) in [6, 6.07) is -2.27. The van der Waals surface area contributed by atoms with Crippen molar-refractivity contribution in [2.45, 2.75) is 37.5 Å². The number of fused-ring (bicyclic) bond motifs is 3. The second-order valence-electron chi connectivity index (χ2n) is 7.41. The fraction of sp³-hybridized carbons (Fsp3) is 0.857. The predicted octanol–water partition coefficient (Wildman–Crippen LogP) is -1.58. The Morgan fingerprint density at radius 1 is 1.41 bits per heavy atom. The molecule has 27 heavy (non-hydrogen) atoms. The molecule has 4 rings (SSSR count). The average Bonchev–Trinajstić information content (AvgIpc) is 2.85. The summed E-state index contributed by atoms with van der Waals surface area (Å²) in [5.41, 5.74) is 1.82. The van der Waals surface area contributed by atoms with Gasteiger partial charge in [-0.2, -0.15) is 13.5 Å². The van der Waals surface area contributed by atoms with Gasteiger partial charge in [0.25, 0.3) is 5.91 Å². The van der Waals surface area contributed by atoms with Crippen molar-refractivity contribution in [2.24, 2.45) is 5.41 Å². The van der Waals surface area contributed by atoms with Crippen molar-refractivity contribution in [2.75, 3.05) is 32.8 Å². The first-order valence-corrected chi connectivity index (χ1v) is 10.2. The molecule has 3 N–H and O–H groups in total. The molecule has 0 aromatic rings. The van der Waals surface area contributed by atoms with E-state index in [1.807, 2.05) is 0 Å². The van der Waals surface area contributed by atoms with Crippen LogP contribution in [0, 0.1) is 5.41 Å². The van der Waals surface area contributed by atoms with Crippen molar-refractivity contribution in [1.29, 1.82) is 0 Å². The van der Waals surface area contributed by atoms with Crippen molar-refractivity contribution >= 4 is 22.3 Å². The largest absolute Gasteiger partial charge is 0.418 e. The monoisotopic (exact) mass is 406 g/mol. The molecule has 13 heteroatoms. The molecule has 0 radical (unpaired) electrons. The number of nitrogens with one attached hydrogen (secondary N) is 2. The zero-order valence-corrected chi connectivity index (χ0v) is 15.3. The molecule has 4 saturated heterocycles. The first kappa shape index (κ1) is 18.8. The lowest BCUT2D eigenvalue weighted by Crippen LogP contribution is -2.63. The summed E-state index contributed by atoms with van der Waals surface area (Å²) in [4.78, 5) is 32.0. The van der Waals surface area contributed by atoms with Crippen LogP contribution in [0.25, 0.3) is 0 Å². The lowest BCUT2D eigenvalue weighted by Gasteiger charge is -2.50. The van der Waals surface area contributed by atoms with E-state index in [-0.39, 0.29) is 32.3 Å². The molecular weight excluding hydrogens is 384 g/mol. The topological polar surface area (TPSA) is 147 Å². The van der Waals surface area contributed by atoms with E-state index in [1.165, 1.54) is 4.90 Å². The van der Waals surface area contributed by atoms with Crippen LogP contribution < -0.4 is 10.8 Å². The Balaban J connectivity index is 1.48. The van der Waals surface area contributed by atoms with Gasteiger partial charge in [0.05, 0.1) is 25.4 Å². The zero-order chi connectivity index (χ0) is 19.2. The van der Waals surface area contributed by atoms with Gasteiger partial charge < -0.3 is 15.0 Å². The normalized spacial score (nSPS) is 32.5. The van der Waals surface area contributed by atoms with E-state index in [4.69, 9.17) is 14.1 Å². The van der Waals surface area contributed by atoms with Crippen molar-refractivity contribution in [3.8, 4) is 0 Å². The molecule has 3 unspecified atom stereocenters. The maximum atomic E-state index is 12.7. The minimum Gasteiger partial charge on any atom is -0.380 e. The molecule has 2 bridgehead atoms. The highest BCUT2D eigenvalue weighted by Crippen LogP contribution is 2.47. The molecule has 0 saturated carbocycles. The van der Waals surface area contributed by atoms with E-state index in [9.17, 15) is 18.0 Å². The van der Waals surface area contributed by atoms with E-state index in [2.05, 4.69) is 15.1 Å². The lowest BCUT2D eigenvalue weighted by molar-refractivity contribution is -0.194. The van der Waals surface area contributed by atoms with Crippen LogP contribution in [0.3, 0.4) is 0 Å². The maximum absolute atomic E-state index is 12.7. The minimum absolute atomic E-state index is 0.0980. The molecule has 0 aliphatic carbocycles. The Morgan fingerprint density at radius 2 is 2.19 bits per heavy atom. The summed E-state index contributed by atoms with van der Waals surface area (Å²) in [6.45, 7) is 2.17. The van der Waals surface area contributed by atoms with Gasteiger partial charge in [-0.1, -0.05) is 0 Å². The molecule has 1 spiro atoms. The van der Waals surface area contributed by atoms with Crippen LogP contribution in [0.15, 0.2) is 0 Å². The summed E-state index contributed by atoms with van der Waals surface area (Å²) in [7, 11) is -4.87. The zero-order valence-electron chi connectivity index (χ0n) is 14.5. The number of piperidine rings is 2. The number of nitrogens with zero attached hydrogens (tertiary/aromatic N) is 2. The fourth-order valence-corrected chi connectivity index (χ4v) is 4.53. The summed E-state index contributed by atoms with van der Waals surface area (Å²) in [5.74, 6) is -0.479. The fourth-order valence-electron chi connectivity index (χ4n) is 4.16. The maximum Gasteiger partial charge on any atom is 0.418 e. The van der Waals surface area contributed by atoms with Gasteiger partial charge in [-0.15, -0.1) is 4.28 Å². The molecule has 3 amide bonds. The lowest BCUT2D eigenvalue weighted by atomic mass is 9.71. The molecule has 152 valence electrons. The molecular formula is C14H22N4O8S. The number of hydroxylamine groups is 3. The highest BCUT2D eigenvalue weighted by atomic mass is 32.3. The van der Waals surface area contributed by atoms with Crippen LogP contribution in [0.2, 0.25) is 0 Å². The number of carbonyl (C=O) groups excluding carboxylic acids is 2. The molecule has 0 aromatic carbocycles. The third-order valence-corrected chi connectivity index (χ3v) is 5.95. The summed E-state index contributed by atoms with van der Waals surface area (Å²) in [6.07, 6.45) is 1.90. The van der Waals surface area contributed by atoms with Crippen LogP contribution >= 0.6 is 0 Å². The first-order valence-electron chi connectivity index (χ1n) is 8.80. The van der Waals surface area contributed by atoms with Gasteiger partial charge in [0.1, 0.15) is 6.04 Å². The summed E-state index contributed by atoms with van der Waals surface area (Å²) in [5, 5.41) is 3.81. The molecule has 3 atom stereocenters. The van der Waals surface area contributed by atoms with E-state index in [0.717, 1.165) is 19.4 Å². The van der Waals surface area contributed by atoms with Crippen LogP contribution in [-0.4, -0.2) is 85.9 Å². The quantitative estimate of drug-likeness (QED) is 0.363. The Bertz CT molecular complexity index is 721. The average molecular weight is 406 g/mol. The summed E-state index contributed by atoms with van der Waals surface area (Å²) >= 11 is 0. The van der Waals surface area contributed by atoms with Gasteiger partial charge in [-0.25, -0.2) is 10.3 Å².